The first-order chi connectivity index (χ1) is 11.7. The Balaban J connectivity index is 1.88. The molecule has 0 aliphatic rings. The average Bonchev–Trinajstić information content (AvgIpc) is 2.63. The molecule has 0 saturated heterocycles. The first-order valence-corrected chi connectivity index (χ1v) is 8.57. The van der Waals surface area contributed by atoms with Gasteiger partial charge in [-0.1, -0.05) is 43.7 Å². The molecule has 2 rings (SSSR count). The molecule has 0 bridgehead atoms. The Kier molecular flexibility index (Phi) is 7.23. The van der Waals surface area contributed by atoms with Crippen LogP contribution in [0.15, 0.2) is 59.7 Å². The first kappa shape index (κ1) is 17.9. The van der Waals surface area contributed by atoms with E-state index in [1.54, 1.807) is 6.21 Å². The molecule has 0 atom stereocenters. The molecule has 0 amide bonds. The normalized spacial score (nSPS) is 10.6. The van der Waals surface area contributed by atoms with E-state index in [1.165, 1.54) is 0 Å². The van der Waals surface area contributed by atoms with Crippen LogP contribution < -0.4 is 15.6 Å². The second-order valence-electron chi connectivity index (χ2n) is 5.47. The van der Waals surface area contributed by atoms with Crippen molar-refractivity contribution in [2.75, 3.05) is 18.5 Å². The van der Waals surface area contributed by atoms with Gasteiger partial charge in [0.1, 0.15) is 0 Å². The van der Waals surface area contributed by atoms with Crippen LogP contribution in [0.1, 0.15) is 25.3 Å². The standard InChI is InChI=1S/C19H24N4S/c1-3-4-14-20-19(24)22-21-15-16-10-12-18(13-11-16)23(2)17-8-6-5-7-9-17/h5-13,15H,3-4,14H2,1-2H3,(H2,20,22,24). The molecule has 126 valence electrons. The molecular formula is C19H24N4S. The minimum Gasteiger partial charge on any atom is -0.361 e. The molecule has 0 spiro atoms. The van der Waals surface area contributed by atoms with Gasteiger partial charge in [0.2, 0.25) is 0 Å². The lowest BCUT2D eigenvalue weighted by atomic mass is 10.2. The fraction of sp³-hybridized carbons (Fsp3) is 0.263. The van der Waals surface area contributed by atoms with Gasteiger partial charge < -0.3 is 10.2 Å². The van der Waals surface area contributed by atoms with Crippen molar-refractivity contribution in [2.24, 2.45) is 5.10 Å². The number of hydrogen-bond acceptors (Lipinski definition) is 3. The minimum absolute atomic E-state index is 0.556. The van der Waals surface area contributed by atoms with E-state index in [4.69, 9.17) is 12.2 Å². The van der Waals surface area contributed by atoms with Gasteiger partial charge in [-0.3, -0.25) is 5.43 Å². The zero-order valence-electron chi connectivity index (χ0n) is 14.2. The van der Waals surface area contributed by atoms with Gasteiger partial charge in [0.15, 0.2) is 5.11 Å². The Bertz CT molecular complexity index is 653. The summed E-state index contributed by atoms with van der Waals surface area (Å²) < 4.78 is 0. The average molecular weight is 340 g/mol. The number of thiocarbonyl (C=S) groups is 1. The number of nitrogens with one attached hydrogen (secondary N) is 2. The summed E-state index contributed by atoms with van der Waals surface area (Å²) in [5.41, 5.74) is 6.13. The van der Waals surface area contributed by atoms with E-state index in [9.17, 15) is 0 Å². The summed E-state index contributed by atoms with van der Waals surface area (Å²) in [6, 6.07) is 18.5. The van der Waals surface area contributed by atoms with Gasteiger partial charge in [-0.25, -0.2) is 0 Å². The van der Waals surface area contributed by atoms with E-state index in [-0.39, 0.29) is 0 Å². The van der Waals surface area contributed by atoms with Crippen molar-refractivity contribution < 1.29 is 0 Å². The van der Waals surface area contributed by atoms with Crippen LogP contribution in [0.4, 0.5) is 11.4 Å². The zero-order valence-corrected chi connectivity index (χ0v) is 15.0. The van der Waals surface area contributed by atoms with Crippen LogP contribution >= 0.6 is 12.2 Å². The molecule has 4 nitrogen and oxygen atoms in total. The summed E-state index contributed by atoms with van der Waals surface area (Å²) >= 11 is 5.15. The van der Waals surface area contributed by atoms with Crippen molar-refractivity contribution in [3.05, 3.63) is 60.2 Å². The summed E-state index contributed by atoms with van der Waals surface area (Å²) in [6.07, 6.45) is 4.00. The second kappa shape index (κ2) is 9.67. The van der Waals surface area contributed by atoms with Crippen molar-refractivity contribution in [3.8, 4) is 0 Å². The predicted molar refractivity (Wildman–Crippen MR) is 107 cm³/mol. The maximum Gasteiger partial charge on any atom is 0.186 e. The predicted octanol–water partition coefficient (Wildman–Crippen LogP) is 4.05. The van der Waals surface area contributed by atoms with Crippen molar-refractivity contribution in [3.63, 3.8) is 0 Å². The summed E-state index contributed by atoms with van der Waals surface area (Å²) in [5, 5.41) is 7.83. The van der Waals surface area contributed by atoms with Gasteiger partial charge in [0, 0.05) is 25.0 Å². The highest BCUT2D eigenvalue weighted by Gasteiger charge is 2.02. The van der Waals surface area contributed by atoms with Crippen molar-refractivity contribution in [1.29, 1.82) is 0 Å². The molecular weight excluding hydrogens is 316 g/mol. The quantitative estimate of drug-likeness (QED) is 0.345. The maximum absolute atomic E-state index is 5.15. The minimum atomic E-state index is 0.556. The number of para-hydroxylation sites is 1. The third-order valence-electron chi connectivity index (χ3n) is 3.62. The molecule has 0 fully saturated rings. The SMILES string of the molecule is CCCCNC(=S)NN=Cc1ccc(N(C)c2ccccc2)cc1. The van der Waals surface area contributed by atoms with Gasteiger partial charge >= 0.3 is 0 Å². The number of rotatable bonds is 7. The topological polar surface area (TPSA) is 39.7 Å². The number of unbranched alkanes of at least 4 members (excludes halogenated alkanes) is 1. The Morgan fingerprint density at radius 2 is 1.75 bits per heavy atom. The number of benzene rings is 2. The molecule has 2 N–H and O–H groups in total. The highest BCUT2D eigenvalue weighted by atomic mass is 32.1. The van der Waals surface area contributed by atoms with Crippen LogP contribution in [0, 0.1) is 0 Å². The maximum atomic E-state index is 5.15. The summed E-state index contributed by atoms with van der Waals surface area (Å²) in [5.74, 6) is 0. The van der Waals surface area contributed by atoms with Crippen LogP contribution in [0.25, 0.3) is 0 Å². The Morgan fingerprint density at radius 1 is 1.08 bits per heavy atom. The number of nitrogens with zero attached hydrogens (tertiary/aromatic N) is 2. The van der Waals surface area contributed by atoms with E-state index in [0.717, 1.165) is 36.3 Å². The lowest BCUT2D eigenvalue weighted by Crippen LogP contribution is -2.32. The summed E-state index contributed by atoms with van der Waals surface area (Å²) in [6.45, 7) is 3.02. The Labute approximate surface area is 149 Å². The Morgan fingerprint density at radius 3 is 2.42 bits per heavy atom. The van der Waals surface area contributed by atoms with Crippen LogP contribution in [0.2, 0.25) is 0 Å². The van der Waals surface area contributed by atoms with E-state index in [0.29, 0.717) is 5.11 Å². The smallest absolute Gasteiger partial charge is 0.186 e. The van der Waals surface area contributed by atoms with Crippen molar-refractivity contribution in [1.82, 2.24) is 10.7 Å². The van der Waals surface area contributed by atoms with Gasteiger partial charge in [0.25, 0.3) is 0 Å². The molecule has 0 unspecified atom stereocenters. The molecule has 0 saturated carbocycles. The third-order valence-corrected chi connectivity index (χ3v) is 3.86. The molecule has 0 aliphatic carbocycles. The molecule has 5 heteroatoms. The van der Waals surface area contributed by atoms with Gasteiger partial charge in [-0.2, -0.15) is 5.10 Å². The van der Waals surface area contributed by atoms with Gasteiger partial charge in [0.05, 0.1) is 6.21 Å². The molecule has 2 aromatic carbocycles. The molecule has 24 heavy (non-hydrogen) atoms. The summed E-state index contributed by atoms with van der Waals surface area (Å²) in [4.78, 5) is 2.14. The largest absolute Gasteiger partial charge is 0.361 e. The number of anilines is 2. The lowest BCUT2D eigenvalue weighted by molar-refractivity contribution is 0.745. The number of hydrogen-bond donors (Lipinski definition) is 2. The van der Waals surface area contributed by atoms with Crippen molar-refractivity contribution >= 4 is 34.9 Å². The second-order valence-corrected chi connectivity index (χ2v) is 5.87. The number of hydrazone groups is 1. The highest BCUT2D eigenvalue weighted by Crippen LogP contribution is 2.22. The van der Waals surface area contributed by atoms with Crippen LogP contribution in [0.5, 0.6) is 0 Å². The zero-order chi connectivity index (χ0) is 17.2. The molecule has 0 heterocycles. The lowest BCUT2D eigenvalue weighted by Gasteiger charge is -2.19. The fourth-order valence-electron chi connectivity index (χ4n) is 2.17. The molecule has 2 aromatic rings. The van der Waals surface area contributed by atoms with Crippen LogP contribution in [0.3, 0.4) is 0 Å². The first-order valence-electron chi connectivity index (χ1n) is 8.16. The monoisotopic (exact) mass is 340 g/mol. The van der Waals surface area contributed by atoms with E-state index < -0.39 is 0 Å². The summed E-state index contributed by atoms with van der Waals surface area (Å²) in [7, 11) is 2.06. The Hall–Kier alpha value is -2.40. The van der Waals surface area contributed by atoms with Gasteiger partial charge in [-0.15, -0.1) is 0 Å². The van der Waals surface area contributed by atoms with E-state index in [1.807, 2.05) is 30.3 Å². The fourth-order valence-corrected chi connectivity index (χ4v) is 2.32. The van der Waals surface area contributed by atoms with Gasteiger partial charge in [-0.05, 0) is 48.5 Å². The molecule has 0 radical (unpaired) electrons. The molecule has 0 aliphatic heterocycles. The van der Waals surface area contributed by atoms with Crippen LogP contribution in [-0.2, 0) is 0 Å². The van der Waals surface area contributed by atoms with E-state index >= 15 is 0 Å². The third kappa shape index (κ3) is 5.66. The highest BCUT2D eigenvalue weighted by molar-refractivity contribution is 7.80. The van der Waals surface area contributed by atoms with E-state index in [2.05, 4.69) is 59.0 Å². The van der Waals surface area contributed by atoms with Crippen LogP contribution in [-0.4, -0.2) is 24.9 Å². The van der Waals surface area contributed by atoms with Crippen molar-refractivity contribution in [2.45, 2.75) is 19.8 Å². The molecule has 0 aromatic heterocycles.